The van der Waals surface area contributed by atoms with Crippen molar-refractivity contribution in [2.45, 2.75) is 168 Å². The Hall–Kier alpha value is -1.14. The van der Waals surface area contributed by atoms with E-state index >= 15 is 0 Å². The minimum absolute atomic E-state index is 0.125. The maximum Gasteiger partial charge on any atom is 0.293 e. The van der Waals surface area contributed by atoms with Crippen LogP contribution >= 0.6 is 0 Å². The number of hydrogen-bond donors (Lipinski definition) is 1. The van der Waals surface area contributed by atoms with Gasteiger partial charge in [0.05, 0.1) is 13.2 Å². The summed E-state index contributed by atoms with van der Waals surface area (Å²) >= 11 is 0. The zero-order valence-corrected chi connectivity index (χ0v) is 28.6. The average molecular weight is 596 g/mol. The van der Waals surface area contributed by atoms with E-state index in [-0.39, 0.29) is 5.91 Å². The minimum atomic E-state index is 0.125. The van der Waals surface area contributed by atoms with Crippen LogP contribution in [0.2, 0.25) is 0 Å². The first-order chi connectivity index (χ1) is 20.7. The quantitative estimate of drug-likeness (QED) is 0.0585. The fourth-order valence-corrected chi connectivity index (χ4v) is 5.61. The van der Waals surface area contributed by atoms with Crippen LogP contribution in [0.4, 0.5) is 0 Å². The van der Waals surface area contributed by atoms with Crippen LogP contribution in [0.25, 0.3) is 0 Å². The molecule has 0 heterocycles. The summed E-state index contributed by atoms with van der Waals surface area (Å²) in [4.78, 5) is 28.2. The average Bonchev–Trinajstić information content (AvgIpc) is 2.99. The van der Waals surface area contributed by atoms with Crippen LogP contribution in [0, 0.1) is 0 Å². The molecule has 0 radical (unpaired) electrons. The highest BCUT2D eigenvalue weighted by atomic mass is 16.5. The van der Waals surface area contributed by atoms with E-state index in [1.165, 1.54) is 148 Å². The molecule has 0 aromatic heterocycles. The molecule has 0 aliphatic carbocycles. The standard InChI is InChI=1S/C36H73N3O3/c1-4-7-10-13-16-19-23-28-38(29-24-20-17-14-11-8-5-2)31-32-39(30-25-21-18-15-12-9-6-3)34-36(41)37-27-22-26-33-42-35-40/h35H,4-34H2,1-3H3,(H,37,41). The van der Waals surface area contributed by atoms with Crippen LogP contribution in [-0.2, 0) is 14.3 Å². The summed E-state index contributed by atoms with van der Waals surface area (Å²) in [6.45, 7) is 14.4. The molecule has 0 saturated heterocycles. The van der Waals surface area contributed by atoms with E-state index in [2.05, 4.69) is 35.9 Å². The zero-order valence-electron chi connectivity index (χ0n) is 28.6. The lowest BCUT2D eigenvalue weighted by atomic mass is 10.1. The molecule has 1 N–H and O–H groups in total. The number of nitrogens with one attached hydrogen (secondary N) is 1. The van der Waals surface area contributed by atoms with Crippen LogP contribution in [0.5, 0.6) is 0 Å². The van der Waals surface area contributed by atoms with Gasteiger partial charge in [-0.2, -0.15) is 0 Å². The van der Waals surface area contributed by atoms with Crippen molar-refractivity contribution in [1.29, 1.82) is 0 Å². The van der Waals surface area contributed by atoms with Crippen molar-refractivity contribution in [2.75, 3.05) is 52.4 Å². The van der Waals surface area contributed by atoms with Crippen LogP contribution in [0.1, 0.15) is 168 Å². The second-order valence-corrected chi connectivity index (χ2v) is 12.5. The van der Waals surface area contributed by atoms with Crippen molar-refractivity contribution in [3.63, 3.8) is 0 Å². The number of unbranched alkanes of at least 4 members (excludes halogenated alkanes) is 19. The van der Waals surface area contributed by atoms with Crippen LogP contribution in [0.15, 0.2) is 0 Å². The summed E-state index contributed by atoms with van der Waals surface area (Å²) < 4.78 is 4.75. The van der Waals surface area contributed by atoms with Gasteiger partial charge in [0.25, 0.3) is 6.47 Å². The molecule has 0 aliphatic rings. The van der Waals surface area contributed by atoms with Gasteiger partial charge in [0.15, 0.2) is 0 Å². The Morgan fingerprint density at radius 2 is 0.929 bits per heavy atom. The maximum atomic E-state index is 12.8. The summed E-state index contributed by atoms with van der Waals surface area (Å²) in [6.07, 6.45) is 29.7. The first-order valence-corrected chi connectivity index (χ1v) is 18.4. The second kappa shape index (κ2) is 34.4. The van der Waals surface area contributed by atoms with Crippen molar-refractivity contribution in [3.05, 3.63) is 0 Å². The number of nitrogens with zero attached hydrogens (tertiary/aromatic N) is 2. The minimum Gasteiger partial charge on any atom is -0.468 e. The third-order valence-electron chi connectivity index (χ3n) is 8.41. The first-order valence-electron chi connectivity index (χ1n) is 18.4. The van der Waals surface area contributed by atoms with Gasteiger partial charge in [0, 0.05) is 19.6 Å². The summed E-state index contributed by atoms with van der Waals surface area (Å²) in [5, 5.41) is 3.09. The lowest BCUT2D eigenvalue weighted by Crippen LogP contribution is -2.42. The normalized spacial score (nSPS) is 11.5. The largest absolute Gasteiger partial charge is 0.468 e. The smallest absolute Gasteiger partial charge is 0.293 e. The number of rotatable bonds is 35. The molecular formula is C36H73N3O3. The molecule has 0 unspecified atom stereocenters. The molecule has 0 aliphatic heterocycles. The molecule has 250 valence electrons. The second-order valence-electron chi connectivity index (χ2n) is 12.5. The predicted molar refractivity (Wildman–Crippen MR) is 181 cm³/mol. The van der Waals surface area contributed by atoms with Gasteiger partial charge in [-0.15, -0.1) is 0 Å². The highest BCUT2D eigenvalue weighted by Gasteiger charge is 2.13. The van der Waals surface area contributed by atoms with Gasteiger partial charge >= 0.3 is 0 Å². The maximum absolute atomic E-state index is 12.8. The molecular weight excluding hydrogens is 522 g/mol. The summed E-state index contributed by atoms with van der Waals surface area (Å²) in [5.41, 5.74) is 0. The van der Waals surface area contributed by atoms with Crippen molar-refractivity contribution in [1.82, 2.24) is 15.1 Å². The molecule has 6 heteroatoms. The van der Waals surface area contributed by atoms with Crippen LogP contribution in [-0.4, -0.2) is 74.6 Å². The molecule has 0 aromatic carbocycles. The van der Waals surface area contributed by atoms with Crippen molar-refractivity contribution >= 4 is 12.4 Å². The van der Waals surface area contributed by atoms with Crippen LogP contribution in [0.3, 0.4) is 0 Å². The molecule has 0 aromatic rings. The Kier molecular flexibility index (Phi) is 33.4. The summed E-state index contributed by atoms with van der Waals surface area (Å²) in [6, 6.07) is 0. The van der Waals surface area contributed by atoms with E-state index in [9.17, 15) is 9.59 Å². The number of hydrogen-bond acceptors (Lipinski definition) is 5. The van der Waals surface area contributed by atoms with Gasteiger partial charge in [-0.1, -0.05) is 136 Å². The van der Waals surface area contributed by atoms with E-state index in [1.807, 2.05) is 0 Å². The zero-order chi connectivity index (χ0) is 30.8. The van der Waals surface area contributed by atoms with Crippen LogP contribution < -0.4 is 5.32 Å². The van der Waals surface area contributed by atoms with Gasteiger partial charge in [-0.05, 0) is 51.7 Å². The van der Waals surface area contributed by atoms with Gasteiger partial charge in [0.2, 0.25) is 5.91 Å². The molecule has 42 heavy (non-hydrogen) atoms. The lowest BCUT2D eigenvalue weighted by molar-refractivity contribution is -0.129. The van der Waals surface area contributed by atoms with Crippen molar-refractivity contribution in [3.8, 4) is 0 Å². The molecule has 0 bridgehead atoms. The summed E-state index contributed by atoms with van der Waals surface area (Å²) in [7, 11) is 0. The van der Waals surface area contributed by atoms with Gasteiger partial charge in [-0.25, -0.2) is 0 Å². The number of carbonyl (C=O) groups is 2. The third kappa shape index (κ3) is 30.3. The van der Waals surface area contributed by atoms with E-state index in [1.54, 1.807) is 0 Å². The fraction of sp³-hybridized carbons (Fsp3) is 0.944. The Bertz CT molecular complexity index is 543. The van der Waals surface area contributed by atoms with Crippen molar-refractivity contribution in [2.24, 2.45) is 0 Å². The highest BCUT2D eigenvalue weighted by Crippen LogP contribution is 2.11. The Morgan fingerprint density at radius 3 is 1.38 bits per heavy atom. The highest BCUT2D eigenvalue weighted by molar-refractivity contribution is 5.77. The Balaban J connectivity index is 4.74. The van der Waals surface area contributed by atoms with E-state index in [4.69, 9.17) is 4.74 Å². The molecule has 1 amide bonds. The van der Waals surface area contributed by atoms with E-state index in [0.717, 1.165) is 32.5 Å². The molecule has 0 saturated carbocycles. The molecule has 0 spiro atoms. The summed E-state index contributed by atoms with van der Waals surface area (Å²) in [5.74, 6) is 0.125. The molecule has 0 rings (SSSR count). The number of ether oxygens (including phenoxy) is 1. The van der Waals surface area contributed by atoms with Gasteiger partial charge < -0.3 is 15.0 Å². The fourth-order valence-electron chi connectivity index (χ4n) is 5.61. The van der Waals surface area contributed by atoms with Gasteiger partial charge in [0.1, 0.15) is 0 Å². The predicted octanol–water partition coefficient (Wildman–Crippen LogP) is 8.91. The first kappa shape index (κ1) is 40.9. The van der Waals surface area contributed by atoms with Gasteiger partial charge in [-0.3, -0.25) is 14.5 Å². The van der Waals surface area contributed by atoms with E-state index < -0.39 is 0 Å². The Labute approximate surface area is 262 Å². The SMILES string of the molecule is CCCCCCCCCN(CCCCCCCCC)CCN(CCCCCCCCC)CC(=O)NCCCCOC=O. The Morgan fingerprint density at radius 1 is 0.524 bits per heavy atom. The number of carbonyl (C=O) groups excluding carboxylic acids is 2. The van der Waals surface area contributed by atoms with E-state index in [0.29, 0.717) is 26.2 Å². The number of amides is 1. The third-order valence-corrected chi connectivity index (χ3v) is 8.41. The lowest BCUT2D eigenvalue weighted by Gasteiger charge is -2.28. The monoisotopic (exact) mass is 596 g/mol. The molecule has 6 nitrogen and oxygen atoms in total. The van der Waals surface area contributed by atoms with Crippen molar-refractivity contribution < 1.29 is 14.3 Å². The molecule has 0 atom stereocenters. The molecule has 0 fully saturated rings. The topological polar surface area (TPSA) is 61.9 Å².